The lowest BCUT2D eigenvalue weighted by atomic mass is 9.84. The van der Waals surface area contributed by atoms with E-state index in [4.69, 9.17) is 16.3 Å². The molecule has 1 aromatic heterocycles. The summed E-state index contributed by atoms with van der Waals surface area (Å²) >= 11 is 6.58. The summed E-state index contributed by atoms with van der Waals surface area (Å²) in [5.74, 6) is -0.220. The molecule has 0 amide bonds. The van der Waals surface area contributed by atoms with Crippen molar-refractivity contribution in [2.24, 2.45) is 0 Å². The molecule has 2 aromatic carbocycles. The van der Waals surface area contributed by atoms with Gasteiger partial charge in [-0.3, -0.25) is 5.10 Å². The molecule has 6 atom stereocenters. The van der Waals surface area contributed by atoms with Gasteiger partial charge in [0.25, 0.3) is 0 Å². The minimum Gasteiger partial charge on any atom is -0.394 e. The number of aliphatic hydroxyl groups excluding tert-OH is 4. The van der Waals surface area contributed by atoms with Crippen LogP contribution in [-0.2, 0) is 4.74 Å². The topological polar surface area (TPSA) is 119 Å². The van der Waals surface area contributed by atoms with Gasteiger partial charge in [0.15, 0.2) is 0 Å². The maximum Gasteiger partial charge on any atom is 0.113 e. The summed E-state index contributed by atoms with van der Waals surface area (Å²) in [5, 5.41) is 47.6. The number of hydrogen-bond acceptors (Lipinski definition) is 6. The molecule has 4 rings (SSSR count). The van der Waals surface area contributed by atoms with Gasteiger partial charge < -0.3 is 25.2 Å². The molecule has 2 heterocycles. The molecule has 1 unspecified atom stereocenters. The Morgan fingerprint density at radius 1 is 1.00 bits per heavy atom. The second kappa shape index (κ2) is 8.85. The van der Waals surface area contributed by atoms with Crippen LogP contribution >= 0.6 is 11.6 Å². The molecule has 1 aliphatic rings. The van der Waals surface area contributed by atoms with Crippen LogP contribution in [0.2, 0.25) is 5.02 Å². The molecular weight excluding hydrogens is 408 g/mol. The highest BCUT2D eigenvalue weighted by molar-refractivity contribution is 6.31. The average molecular weight is 431 g/mol. The summed E-state index contributed by atoms with van der Waals surface area (Å²) in [4.78, 5) is 0. The van der Waals surface area contributed by atoms with Crippen molar-refractivity contribution in [1.29, 1.82) is 0 Å². The molecule has 0 aliphatic carbocycles. The Bertz CT molecular complexity index is 967. The van der Waals surface area contributed by atoms with E-state index in [-0.39, 0.29) is 5.92 Å². The molecule has 30 heavy (non-hydrogen) atoms. The fourth-order valence-corrected chi connectivity index (χ4v) is 4.18. The average Bonchev–Trinajstić information content (AvgIpc) is 3.29. The van der Waals surface area contributed by atoms with Crippen molar-refractivity contribution < 1.29 is 25.2 Å². The molecule has 8 heteroatoms. The van der Waals surface area contributed by atoms with Gasteiger partial charge in [-0.25, -0.2) is 0 Å². The summed E-state index contributed by atoms with van der Waals surface area (Å²) in [6, 6.07) is 15.0. The summed E-state index contributed by atoms with van der Waals surface area (Å²) in [6.45, 7) is -0.483. The van der Waals surface area contributed by atoms with Crippen molar-refractivity contribution in [3.8, 4) is 0 Å². The van der Waals surface area contributed by atoms with E-state index in [0.29, 0.717) is 10.6 Å². The van der Waals surface area contributed by atoms with E-state index in [1.807, 2.05) is 36.4 Å². The Morgan fingerprint density at radius 2 is 1.77 bits per heavy atom. The number of hydrogen-bond donors (Lipinski definition) is 5. The minimum absolute atomic E-state index is 0.220. The molecule has 1 aliphatic heterocycles. The quantitative estimate of drug-likeness (QED) is 0.421. The van der Waals surface area contributed by atoms with Gasteiger partial charge in [-0.05, 0) is 22.8 Å². The van der Waals surface area contributed by atoms with Crippen LogP contribution in [0.15, 0.2) is 60.9 Å². The van der Waals surface area contributed by atoms with Crippen molar-refractivity contribution in [1.82, 2.24) is 10.2 Å². The number of benzene rings is 2. The summed E-state index contributed by atoms with van der Waals surface area (Å²) in [6.07, 6.45) is -2.59. The summed E-state index contributed by atoms with van der Waals surface area (Å²) in [5.41, 5.74) is 3.27. The van der Waals surface area contributed by atoms with Gasteiger partial charge in [0.1, 0.15) is 30.5 Å². The van der Waals surface area contributed by atoms with Crippen molar-refractivity contribution in [2.75, 3.05) is 6.61 Å². The zero-order chi connectivity index (χ0) is 21.3. The zero-order valence-corrected chi connectivity index (χ0v) is 16.7. The monoisotopic (exact) mass is 430 g/mol. The van der Waals surface area contributed by atoms with Crippen LogP contribution in [0.3, 0.4) is 0 Å². The van der Waals surface area contributed by atoms with Crippen LogP contribution in [-0.4, -0.2) is 61.6 Å². The van der Waals surface area contributed by atoms with Crippen molar-refractivity contribution in [2.45, 2.75) is 36.4 Å². The molecule has 0 bridgehead atoms. The van der Waals surface area contributed by atoms with E-state index in [1.54, 1.807) is 24.5 Å². The largest absolute Gasteiger partial charge is 0.394 e. The van der Waals surface area contributed by atoms with E-state index in [2.05, 4.69) is 10.2 Å². The number of aliphatic hydroxyl groups is 4. The fraction of sp³-hybridized carbons (Fsp3) is 0.318. The number of rotatable bonds is 5. The molecule has 5 N–H and O–H groups in total. The molecule has 3 aromatic rings. The lowest BCUT2D eigenvalue weighted by Gasteiger charge is -2.40. The maximum absolute atomic E-state index is 10.5. The number of halogens is 1. The van der Waals surface area contributed by atoms with Crippen LogP contribution in [0, 0.1) is 0 Å². The van der Waals surface area contributed by atoms with Crippen molar-refractivity contribution in [3.63, 3.8) is 0 Å². The molecule has 0 spiro atoms. The van der Waals surface area contributed by atoms with E-state index in [0.717, 1.165) is 16.7 Å². The third-order valence-electron chi connectivity index (χ3n) is 5.54. The van der Waals surface area contributed by atoms with Gasteiger partial charge in [0.05, 0.1) is 12.8 Å². The first kappa shape index (κ1) is 21.0. The molecule has 0 radical (unpaired) electrons. The van der Waals surface area contributed by atoms with E-state index in [1.165, 1.54) is 0 Å². The van der Waals surface area contributed by atoms with Gasteiger partial charge >= 0.3 is 0 Å². The molecule has 1 fully saturated rings. The normalized spacial score (nSPS) is 27.7. The Labute approximate surface area is 178 Å². The third-order valence-corrected chi connectivity index (χ3v) is 5.88. The third kappa shape index (κ3) is 3.88. The number of nitrogens with one attached hydrogen (secondary N) is 1. The predicted octanol–water partition coefficient (Wildman–Crippen LogP) is 1.76. The Balaban J connectivity index is 1.77. The van der Waals surface area contributed by atoms with Crippen LogP contribution < -0.4 is 0 Å². The van der Waals surface area contributed by atoms with Gasteiger partial charge in [-0.1, -0.05) is 54.1 Å². The number of H-pyrrole nitrogens is 1. The number of nitrogens with zero attached hydrogens (tertiary/aromatic N) is 1. The highest BCUT2D eigenvalue weighted by atomic mass is 35.5. The SMILES string of the molecule is OC[C@H]1O[C@@H](c2ccc(Cl)c(C(c3ccccc3)c3cn[nH]c3)c2)[C@H](O)[C@@H](O)[C@@H]1O. The molecule has 0 saturated carbocycles. The van der Waals surface area contributed by atoms with Gasteiger partial charge in [0.2, 0.25) is 0 Å². The fourth-order valence-electron chi connectivity index (χ4n) is 3.95. The first-order valence-corrected chi connectivity index (χ1v) is 10.0. The summed E-state index contributed by atoms with van der Waals surface area (Å²) in [7, 11) is 0. The van der Waals surface area contributed by atoms with Gasteiger partial charge in [-0.2, -0.15) is 5.10 Å². The highest BCUT2D eigenvalue weighted by Gasteiger charge is 2.44. The summed E-state index contributed by atoms with van der Waals surface area (Å²) < 4.78 is 5.72. The maximum atomic E-state index is 10.5. The van der Waals surface area contributed by atoms with E-state index in [9.17, 15) is 20.4 Å². The van der Waals surface area contributed by atoms with Crippen LogP contribution in [0.4, 0.5) is 0 Å². The van der Waals surface area contributed by atoms with E-state index < -0.39 is 37.1 Å². The van der Waals surface area contributed by atoms with Crippen molar-refractivity contribution >= 4 is 11.6 Å². The lowest BCUT2D eigenvalue weighted by molar-refractivity contribution is -0.231. The molecule has 1 saturated heterocycles. The van der Waals surface area contributed by atoms with Crippen LogP contribution in [0.5, 0.6) is 0 Å². The van der Waals surface area contributed by atoms with Gasteiger partial charge in [0, 0.05) is 22.7 Å². The van der Waals surface area contributed by atoms with Crippen molar-refractivity contribution in [3.05, 3.63) is 88.2 Å². The zero-order valence-electron chi connectivity index (χ0n) is 16.0. The first-order valence-electron chi connectivity index (χ1n) is 9.64. The Hall–Kier alpha value is -2.26. The van der Waals surface area contributed by atoms with Crippen LogP contribution in [0.1, 0.15) is 34.3 Å². The van der Waals surface area contributed by atoms with Gasteiger partial charge in [-0.15, -0.1) is 0 Å². The number of aromatic amines is 1. The Kier molecular flexibility index (Phi) is 6.19. The Morgan fingerprint density at radius 3 is 2.43 bits per heavy atom. The highest BCUT2D eigenvalue weighted by Crippen LogP contribution is 2.39. The lowest BCUT2D eigenvalue weighted by Crippen LogP contribution is -2.55. The second-order valence-electron chi connectivity index (χ2n) is 7.41. The molecular formula is C22H23ClN2O5. The number of aromatic nitrogens is 2. The minimum atomic E-state index is -1.45. The predicted molar refractivity (Wildman–Crippen MR) is 110 cm³/mol. The smallest absolute Gasteiger partial charge is 0.113 e. The van der Waals surface area contributed by atoms with E-state index >= 15 is 0 Å². The second-order valence-corrected chi connectivity index (χ2v) is 7.81. The standard InChI is InChI=1S/C22H23ClN2O5/c23-16-7-6-13(22-21(29)20(28)19(27)17(11-26)30-22)8-15(16)18(14-9-24-25-10-14)12-4-2-1-3-5-12/h1-10,17-22,26-29H,11H2,(H,24,25)/t17-,18?,19-,20+,21-,22+/m1/s1. The molecule has 7 nitrogen and oxygen atoms in total. The first-order chi connectivity index (χ1) is 14.5. The molecule has 158 valence electrons. The van der Waals surface area contributed by atoms with Crippen LogP contribution in [0.25, 0.3) is 0 Å². The number of ether oxygens (including phenoxy) is 1.